The van der Waals surface area contributed by atoms with Gasteiger partial charge in [-0.25, -0.2) is 12.8 Å². The van der Waals surface area contributed by atoms with Crippen LogP contribution in [0.4, 0.5) is 4.39 Å². The van der Waals surface area contributed by atoms with Crippen LogP contribution >= 0.6 is 15.9 Å². The van der Waals surface area contributed by atoms with Crippen LogP contribution in [0.25, 0.3) is 0 Å². The van der Waals surface area contributed by atoms with Gasteiger partial charge in [0.1, 0.15) is 5.82 Å². The molecule has 100 valence electrons. The van der Waals surface area contributed by atoms with Crippen molar-refractivity contribution in [3.05, 3.63) is 30.1 Å². The third-order valence-electron chi connectivity index (χ3n) is 2.71. The van der Waals surface area contributed by atoms with E-state index in [4.69, 9.17) is 4.74 Å². The van der Waals surface area contributed by atoms with Crippen molar-refractivity contribution < 1.29 is 17.5 Å². The molecule has 0 amide bonds. The molecule has 0 N–H and O–H groups in total. The van der Waals surface area contributed by atoms with Gasteiger partial charge in [-0.1, -0.05) is 22.0 Å². The molecule has 1 heterocycles. The molecule has 1 fully saturated rings. The molecule has 4 nitrogen and oxygen atoms in total. The Kier molecular flexibility index (Phi) is 4.37. The normalized spacial score (nSPS) is 22.0. The number of hydrogen-bond acceptors (Lipinski definition) is 3. The van der Waals surface area contributed by atoms with Gasteiger partial charge in [-0.3, -0.25) is 0 Å². The summed E-state index contributed by atoms with van der Waals surface area (Å²) in [4.78, 5) is -0.0160. The summed E-state index contributed by atoms with van der Waals surface area (Å²) in [5.41, 5.74) is 0. The van der Waals surface area contributed by atoms with Gasteiger partial charge >= 0.3 is 0 Å². The second-order valence-corrected chi connectivity index (χ2v) is 6.55. The smallest absolute Gasteiger partial charge is 0.243 e. The van der Waals surface area contributed by atoms with Crippen molar-refractivity contribution in [2.45, 2.75) is 11.0 Å². The number of benzene rings is 1. The van der Waals surface area contributed by atoms with Gasteiger partial charge in [0.25, 0.3) is 0 Å². The summed E-state index contributed by atoms with van der Waals surface area (Å²) < 4.78 is 44.4. The van der Waals surface area contributed by atoms with Crippen molar-refractivity contribution in [2.24, 2.45) is 0 Å². The lowest BCUT2D eigenvalue weighted by Crippen LogP contribution is -2.46. The summed E-state index contributed by atoms with van der Waals surface area (Å²) in [6, 6.07) is 5.05. The Labute approximate surface area is 114 Å². The van der Waals surface area contributed by atoms with Crippen LogP contribution in [0.2, 0.25) is 0 Å². The average Bonchev–Trinajstić information content (AvgIpc) is 2.39. The van der Waals surface area contributed by atoms with Crippen molar-refractivity contribution in [1.82, 2.24) is 4.31 Å². The zero-order valence-corrected chi connectivity index (χ0v) is 12.0. The van der Waals surface area contributed by atoms with Crippen LogP contribution in [0.15, 0.2) is 29.2 Å². The third kappa shape index (κ3) is 2.90. The van der Waals surface area contributed by atoms with Gasteiger partial charge in [-0.15, -0.1) is 0 Å². The van der Waals surface area contributed by atoms with Crippen LogP contribution in [0, 0.1) is 5.82 Å². The molecule has 1 aliphatic heterocycles. The highest BCUT2D eigenvalue weighted by Crippen LogP contribution is 2.19. The Morgan fingerprint density at radius 2 is 2.28 bits per heavy atom. The second kappa shape index (κ2) is 5.64. The van der Waals surface area contributed by atoms with Crippen LogP contribution in [0.5, 0.6) is 0 Å². The van der Waals surface area contributed by atoms with Crippen molar-refractivity contribution in [1.29, 1.82) is 0 Å². The number of nitrogens with zero attached hydrogens (tertiary/aromatic N) is 1. The summed E-state index contributed by atoms with van der Waals surface area (Å²) >= 11 is 3.27. The second-order valence-electron chi connectivity index (χ2n) is 3.97. The fraction of sp³-hybridized carbons (Fsp3) is 0.455. The van der Waals surface area contributed by atoms with Crippen molar-refractivity contribution in [3.8, 4) is 0 Å². The predicted molar refractivity (Wildman–Crippen MR) is 68.7 cm³/mol. The van der Waals surface area contributed by atoms with E-state index in [1.165, 1.54) is 22.5 Å². The van der Waals surface area contributed by atoms with Crippen LogP contribution < -0.4 is 0 Å². The molecule has 0 aliphatic carbocycles. The minimum absolute atomic E-state index is 0.0160. The molecule has 1 saturated heterocycles. The number of hydrogen-bond donors (Lipinski definition) is 0. The first kappa shape index (κ1) is 13.9. The zero-order chi connectivity index (χ0) is 13.2. The van der Waals surface area contributed by atoms with E-state index in [1.54, 1.807) is 0 Å². The molecule has 1 aliphatic rings. The van der Waals surface area contributed by atoms with E-state index in [-0.39, 0.29) is 17.5 Å². The predicted octanol–water partition coefficient (Wildman–Crippen LogP) is 1.61. The van der Waals surface area contributed by atoms with E-state index in [1.807, 2.05) is 0 Å². The monoisotopic (exact) mass is 337 g/mol. The van der Waals surface area contributed by atoms with Gasteiger partial charge in [0.15, 0.2) is 0 Å². The standard InChI is InChI=1S/C11H13BrFNO3S/c12-7-10-8-14(4-5-17-10)18(15,16)11-3-1-2-9(13)6-11/h1-3,6,10H,4-5,7-8H2. The topological polar surface area (TPSA) is 46.6 Å². The van der Waals surface area contributed by atoms with E-state index in [9.17, 15) is 12.8 Å². The van der Waals surface area contributed by atoms with Gasteiger partial charge in [-0.2, -0.15) is 4.31 Å². The molecule has 7 heteroatoms. The van der Waals surface area contributed by atoms with Gasteiger partial charge in [0.2, 0.25) is 10.0 Å². The minimum Gasteiger partial charge on any atom is -0.375 e. The Morgan fingerprint density at radius 1 is 1.50 bits per heavy atom. The molecular formula is C11H13BrFNO3S. The first-order valence-electron chi connectivity index (χ1n) is 5.47. The van der Waals surface area contributed by atoms with E-state index < -0.39 is 15.8 Å². The maximum absolute atomic E-state index is 13.1. The summed E-state index contributed by atoms with van der Waals surface area (Å²) in [5, 5.41) is 0.572. The number of morpholine rings is 1. The summed E-state index contributed by atoms with van der Waals surface area (Å²) in [6.45, 7) is 0.928. The van der Waals surface area contributed by atoms with E-state index in [2.05, 4.69) is 15.9 Å². The number of ether oxygens (including phenoxy) is 1. The van der Waals surface area contributed by atoms with Crippen molar-refractivity contribution >= 4 is 26.0 Å². The van der Waals surface area contributed by atoms with Crippen molar-refractivity contribution in [3.63, 3.8) is 0 Å². The third-order valence-corrected chi connectivity index (χ3v) is 5.29. The maximum Gasteiger partial charge on any atom is 0.243 e. The average molecular weight is 338 g/mol. The lowest BCUT2D eigenvalue weighted by molar-refractivity contribution is 0.0136. The number of halogens is 2. The summed E-state index contributed by atoms with van der Waals surface area (Å²) in [5.74, 6) is -0.554. The molecule has 0 spiro atoms. The first-order valence-corrected chi connectivity index (χ1v) is 8.03. The fourth-order valence-corrected chi connectivity index (χ4v) is 3.66. The molecule has 18 heavy (non-hydrogen) atoms. The highest BCUT2D eigenvalue weighted by Gasteiger charge is 2.30. The highest BCUT2D eigenvalue weighted by atomic mass is 79.9. The van der Waals surface area contributed by atoms with Crippen LogP contribution in [-0.2, 0) is 14.8 Å². The molecule has 0 saturated carbocycles. The lowest BCUT2D eigenvalue weighted by Gasteiger charge is -2.31. The Balaban J connectivity index is 2.25. The molecule has 0 bridgehead atoms. The zero-order valence-electron chi connectivity index (χ0n) is 9.55. The van der Waals surface area contributed by atoms with Crippen LogP contribution in [0.1, 0.15) is 0 Å². The molecule has 0 aromatic heterocycles. The van der Waals surface area contributed by atoms with Gasteiger partial charge in [0, 0.05) is 18.4 Å². The molecular weight excluding hydrogens is 325 g/mol. The van der Waals surface area contributed by atoms with E-state index in [0.717, 1.165) is 6.07 Å². The first-order chi connectivity index (χ1) is 8.54. The highest BCUT2D eigenvalue weighted by molar-refractivity contribution is 9.09. The largest absolute Gasteiger partial charge is 0.375 e. The fourth-order valence-electron chi connectivity index (χ4n) is 1.78. The Morgan fingerprint density at radius 3 is 2.94 bits per heavy atom. The van der Waals surface area contributed by atoms with E-state index in [0.29, 0.717) is 18.5 Å². The molecule has 1 unspecified atom stereocenters. The van der Waals surface area contributed by atoms with Crippen LogP contribution in [0.3, 0.4) is 0 Å². The summed E-state index contributed by atoms with van der Waals surface area (Å²) in [6.07, 6.45) is -0.165. The minimum atomic E-state index is -3.64. The SMILES string of the molecule is O=S(=O)(c1cccc(F)c1)N1CCOC(CBr)C1. The number of rotatable bonds is 3. The van der Waals surface area contributed by atoms with E-state index >= 15 is 0 Å². The molecule has 1 atom stereocenters. The quantitative estimate of drug-likeness (QED) is 0.787. The molecule has 1 aromatic carbocycles. The van der Waals surface area contributed by atoms with Crippen LogP contribution in [-0.4, -0.2) is 43.9 Å². The molecule has 1 aromatic rings. The van der Waals surface area contributed by atoms with Gasteiger partial charge in [-0.05, 0) is 18.2 Å². The van der Waals surface area contributed by atoms with Gasteiger partial charge < -0.3 is 4.74 Å². The summed E-state index contributed by atoms with van der Waals surface area (Å²) in [7, 11) is -3.64. The number of alkyl halides is 1. The molecule has 0 radical (unpaired) electrons. The van der Waals surface area contributed by atoms with Gasteiger partial charge in [0.05, 0.1) is 17.6 Å². The Bertz CT molecular complexity index is 523. The number of sulfonamides is 1. The van der Waals surface area contributed by atoms with Crippen molar-refractivity contribution in [2.75, 3.05) is 25.0 Å². The maximum atomic E-state index is 13.1. The lowest BCUT2D eigenvalue weighted by atomic mass is 10.3. The molecule has 2 rings (SSSR count). The Hall–Kier alpha value is -0.500.